The molecule has 0 aliphatic heterocycles. The van der Waals surface area contributed by atoms with E-state index in [4.69, 9.17) is 0 Å². The standard InChI is InChI=1S/C13H11NO3Se2/c15-11-3-7-13(8-4-11)19-9-18-12-5-1-10(2-6-12)14(16)17/h1-8,15H,9H2. The van der Waals surface area contributed by atoms with Crippen molar-refractivity contribution >= 4 is 44.5 Å². The summed E-state index contributed by atoms with van der Waals surface area (Å²) >= 11 is 0.725. The van der Waals surface area contributed by atoms with E-state index in [0.29, 0.717) is 35.7 Å². The summed E-state index contributed by atoms with van der Waals surface area (Å²) in [5, 5.41) is 19.7. The Kier molecular flexibility index (Phi) is 4.99. The molecule has 98 valence electrons. The first kappa shape index (κ1) is 14.1. The summed E-state index contributed by atoms with van der Waals surface area (Å²) < 4.78 is 3.54. The molecule has 0 spiro atoms. The van der Waals surface area contributed by atoms with Gasteiger partial charge < -0.3 is 0 Å². The Balaban J connectivity index is 1.85. The van der Waals surface area contributed by atoms with Gasteiger partial charge in [-0.2, -0.15) is 0 Å². The fourth-order valence-corrected chi connectivity index (χ4v) is 7.05. The molecule has 2 aromatic rings. The number of phenols is 1. The minimum atomic E-state index is -0.378. The zero-order chi connectivity index (χ0) is 13.7. The van der Waals surface area contributed by atoms with E-state index < -0.39 is 0 Å². The summed E-state index contributed by atoms with van der Waals surface area (Å²) in [6.07, 6.45) is 0. The molecule has 4 nitrogen and oxygen atoms in total. The van der Waals surface area contributed by atoms with Crippen LogP contribution < -0.4 is 8.92 Å². The zero-order valence-electron chi connectivity index (χ0n) is 9.85. The van der Waals surface area contributed by atoms with E-state index in [0.717, 1.165) is 4.22 Å². The van der Waals surface area contributed by atoms with Gasteiger partial charge in [0.25, 0.3) is 0 Å². The zero-order valence-corrected chi connectivity index (χ0v) is 13.3. The van der Waals surface area contributed by atoms with Crippen LogP contribution in [0.25, 0.3) is 0 Å². The summed E-state index contributed by atoms with van der Waals surface area (Å²) in [5.41, 5.74) is 0.142. The summed E-state index contributed by atoms with van der Waals surface area (Å²) in [6.45, 7) is 0. The molecule has 0 unspecified atom stereocenters. The van der Waals surface area contributed by atoms with Crippen LogP contribution in [0, 0.1) is 10.1 Å². The number of non-ortho nitro benzene ring substituents is 1. The maximum absolute atomic E-state index is 10.5. The van der Waals surface area contributed by atoms with Gasteiger partial charge in [-0.3, -0.25) is 0 Å². The molecule has 0 bridgehead atoms. The van der Waals surface area contributed by atoms with E-state index in [1.54, 1.807) is 24.3 Å². The summed E-state index contributed by atoms with van der Waals surface area (Å²) in [6, 6.07) is 14.1. The maximum atomic E-state index is 10.5. The average molecular weight is 387 g/mol. The second-order valence-corrected chi connectivity index (χ2v) is 9.90. The monoisotopic (exact) mass is 389 g/mol. The van der Waals surface area contributed by atoms with Crippen molar-refractivity contribution in [1.82, 2.24) is 0 Å². The van der Waals surface area contributed by atoms with Crippen LogP contribution in [0.5, 0.6) is 5.75 Å². The van der Waals surface area contributed by atoms with Crippen LogP contribution in [-0.4, -0.2) is 39.9 Å². The number of hydrogen-bond donors (Lipinski definition) is 1. The molecular weight excluding hydrogens is 376 g/mol. The number of nitro benzene ring substituents is 1. The summed E-state index contributed by atoms with van der Waals surface area (Å²) in [7, 11) is 0. The van der Waals surface area contributed by atoms with Gasteiger partial charge in [0.1, 0.15) is 0 Å². The van der Waals surface area contributed by atoms with E-state index in [1.165, 1.54) is 8.92 Å². The molecule has 0 aromatic heterocycles. The van der Waals surface area contributed by atoms with Crippen molar-refractivity contribution in [2.24, 2.45) is 0 Å². The van der Waals surface area contributed by atoms with Crippen LogP contribution in [0.1, 0.15) is 0 Å². The third-order valence-electron chi connectivity index (χ3n) is 2.34. The van der Waals surface area contributed by atoms with Crippen LogP contribution in [0.2, 0.25) is 4.22 Å². The average Bonchev–Trinajstić information content (AvgIpc) is 2.41. The first-order valence-corrected chi connectivity index (χ1v) is 9.58. The molecule has 0 radical (unpaired) electrons. The number of benzene rings is 2. The van der Waals surface area contributed by atoms with Gasteiger partial charge in [-0.1, -0.05) is 0 Å². The molecule has 0 aliphatic rings. The molecule has 6 heteroatoms. The Morgan fingerprint density at radius 3 is 1.89 bits per heavy atom. The van der Waals surface area contributed by atoms with Crippen molar-refractivity contribution in [1.29, 1.82) is 0 Å². The van der Waals surface area contributed by atoms with Crippen LogP contribution >= 0.6 is 0 Å². The fourth-order valence-electron chi connectivity index (χ4n) is 1.37. The molecule has 1 N–H and O–H groups in total. The van der Waals surface area contributed by atoms with Crippen LogP contribution in [0.3, 0.4) is 0 Å². The Hall–Kier alpha value is -1.32. The van der Waals surface area contributed by atoms with Crippen molar-refractivity contribution < 1.29 is 10.0 Å². The van der Waals surface area contributed by atoms with Crippen molar-refractivity contribution in [3.8, 4) is 5.75 Å². The van der Waals surface area contributed by atoms with Gasteiger partial charge in [-0.15, -0.1) is 0 Å². The molecule has 0 amide bonds. The molecule has 0 saturated carbocycles. The Bertz CT molecular complexity index is 555. The van der Waals surface area contributed by atoms with Gasteiger partial charge in [-0.25, -0.2) is 0 Å². The van der Waals surface area contributed by atoms with E-state index in [2.05, 4.69) is 0 Å². The molecule has 0 saturated heterocycles. The molecule has 0 aliphatic carbocycles. The van der Waals surface area contributed by atoms with Crippen molar-refractivity contribution in [2.75, 3.05) is 0 Å². The molecule has 19 heavy (non-hydrogen) atoms. The van der Waals surface area contributed by atoms with Crippen LogP contribution in [0.15, 0.2) is 48.5 Å². The van der Waals surface area contributed by atoms with Crippen molar-refractivity contribution in [3.63, 3.8) is 0 Å². The topological polar surface area (TPSA) is 63.4 Å². The van der Waals surface area contributed by atoms with Crippen molar-refractivity contribution in [3.05, 3.63) is 58.6 Å². The van der Waals surface area contributed by atoms with E-state index in [1.807, 2.05) is 24.3 Å². The molecular formula is C13H11NO3Se2. The van der Waals surface area contributed by atoms with E-state index >= 15 is 0 Å². The number of aromatic hydroxyl groups is 1. The molecule has 0 fully saturated rings. The van der Waals surface area contributed by atoms with Crippen molar-refractivity contribution in [2.45, 2.75) is 4.22 Å². The quantitative estimate of drug-likeness (QED) is 0.474. The third kappa shape index (κ3) is 4.37. The normalized spacial score (nSPS) is 10.3. The summed E-state index contributed by atoms with van der Waals surface area (Å²) in [4.78, 5) is 10.2. The van der Waals surface area contributed by atoms with E-state index in [9.17, 15) is 15.2 Å². The molecule has 2 aromatic carbocycles. The van der Waals surface area contributed by atoms with Gasteiger partial charge in [0.2, 0.25) is 0 Å². The van der Waals surface area contributed by atoms with Gasteiger partial charge in [0.05, 0.1) is 0 Å². The summed E-state index contributed by atoms with van der Waals surface area (Å²) in [5.74, 6) is 0.292. The Labute approximate surface area is 123 Å². The molecule has 0 atom stereocenters. The first-order valence-electron chi connectivity index (χ1n) is 5.44. The fraction of sp³-hybridized carbons (Fsp3) is 0.0769. The van der Waals surface area contributed by atoms with Gasteiger partial charge in [0.15, 0.2) is 0 Å². The SMILES string of the molecule is O=[N+]([O-])c1ccc([Se]C[Se]c2ccc(O)cc2)cc1. The van der Waals surface area contributed by atoms with Gasteiger partial charge in [-0.05, 0) is 0 Å². The number of nitro groups is 1. The number of nitrogens with zero attached hydrogens (tertiary/aromatic N) is 1. The number of phenolic OH excluding ortho intramolecular Hbond substituents is 1. The van der Waals surface area contributed by atoms with E-state index in [-0.39, 0.29) is 10.6 Å². The Morgan fingerprint density at radius 1 is 0.947 bits per heavy atom. The number of hydrogen-bond acceptors (Lipinski definition) is 3. The van der Waals surface area contributed by atoms with Gasteiger partial charge in [0, 0.05) is 0 Å². The number of rotatable bonds is 5. The molecule has 2 rings (SSSR count). The molecule has 0 heterocycles. The second-order valence-electron chi connectivity index (χ2n) is 3.65. The van der Waals surface area contributed by atoms with Gasteiger partial charge >= 0.3 is 123 Å². The van der Waals surface area contributed by atoms with Crippen LogP contribution in [-0.2, 0) is 0 Å². The minimum absolute atomic E-state index is 0.142. The van der Waals surface area contributed by atoms with Crippen LogP contribution in [0.4, 0.5) is 5.69 Å². The Morgan fingerprint density at radius 2 is 1.42 bits per heavy atom. The first-order chi connectivity index (χ1) is 9.15. The predicted molar refractivity (Wildman–Crippen MR) is 76.8 cm³/mol. The predicted octanol–water partition coefficient (Wildman–Crippen LogP) is 1.04. The third-order valence-corrected chi connectivity index (χ3v) is 7.94. The second kappa shape index (κ2) is 6.73.